The highest BCUT2D eigenvalue weighted by atomic mass is 16.5. The van der Waals surface area contributed by atoms with Crippen molar-refractivity contribution in [2.24, 2.45) is 0 Å². The molecular weight excluding hydrogens is 296 g/mol. The molecule has 0 atom stereocenters. The van der Waals surface area contributed by atoms with Crippen molar-refractivity contribution in [3.63, 3.8) is 0 Å². The summed E-state index contributed by atoms with van der Waals surface area (Å²) in [7, 11) is 3.16. The van der Waals surface area contributed by atoms with Gasteiger partial charge in [0.1, 0.15) is 16.9 Å². The van der Waals surface area contributed by atoms with Gasteiger partial charge in [0, 0.05) is 30.4 Å². The molecule has 2 N–H and O–H groups in total. The van der Waals surface area contributed by atoms with Gasteiger partial charge in [0.05, 0.1) is 19.4 Å². The molecule has 0 aliphatic rings. The third-order valence-electron chi connectivity index (χ3n) is 3.72. The molecule has 120 valence electrons. The Hall–Kier alpha value is -2.73. The van der Waals surface area contributed by atoms with Crippen LogP contribution in [0.25, 0.3) is 21.9 Å². The number of urea groups is 1. The summed E-state index contributed by atoms with van der Waals surface area (Å²) in [4.78, 5) is 13.5. The summed E-state index contributed by atoms with van der Waals surface area (Å²) in [6.07, 6.45) is 0. The highest BCUT2D eigenvalue weighted by Crippen LogP contribution is 2.36. The van der Waals surface area contributed by atoms with Crippen LogP contribution < -0.4 is 10.1 Å². The van der Waals surface area contributed by atoms with Crippen LogP contribution in [0.4, 0.5) is 10.5 Å². The first-order chi connectivity index (χ1) is 11.1. The molecule has 6 nitrogen and oxygen atoms in total. The van der Waals surface area contributed by atoms with Crippen molar-refractivity contribution in [3.8, 4) is 5.75 Å². The van der Waals surface area contributed by atoms with E-state index in [1.54, 1.807) is 20.2 Å². The van der Waals surface area contributed by atoms with Gasteiger partial charge in [-0.25, -0.2) is 4.79 Å². The molecule has 0 radical (unpaired) electrons. The topological polar surface area (TPSA) is 74.9 Å². The molecule has 3 rings (SSSR count). The average molecular weight is 314 g/mol. The summed E-state index contributed by atoms with van der Waals surface area (Å²) in [6, 6.07) is 11.0. The highest BCUT2D eigenvalue weighted by Gasteiger charge is 2.15. The van der Waals surface area contributed by atoms with E-state index in [0.717, 1.165) is 16.4 Å². The van der Waals surface area contributed by atoms with E-state index < -0.39 is 0 Å². The number of nitrogens with zero attached hydrogens (tertiary/aromatic N) is 1. The molecule has 0 bridgehead atoms. The lowest BCUT2D eigenvalue weighted by Gasteiger charge is -2.17. The smallest absolute Gasteiger partial charge is 0.321 e. The molecule has 2 amide bonds. The number of amides is 2. The van der Waals surface area contributed by atoms with Crippen molar-refractivity contribution in [1.82, 2.24) is 4.90 Å². The highest BCUT2D eigenvalue weighted by molar-refractivity contribution is 6.07. The lowest BCUT2D eigenvalue weighted by atomic mass is 10.1. The van der Waals surface area contributed by atoms with Gasteiger partial charge in [0.15, 0.2) is 0 Å². The van der Waals surface area contributed by atoms with Gasteiger partial charge in [0.25, 0.3) is 0 Å². The number of carbonyl (C=O) groups excluding carboxylic acids is 1. The Kier molecular flexibility index (Phi) is 4.08. The van der Waals surface area contributed by atoms with Gasteiger partial charge in [-0.3, -0.25) is 0 Å². The zero-order chi connectivity index (χ0) is 16.4. The van der Waals surface area contributed by atoms with Crippen LogP contribution >= 0.6 is 0 Å². The molecular formula is C17H18N2O4. The Morgan fingerprint density at radius 3 is 2.78 bits per heavy atom. The number of nitrogens with one attached hydrogen (secondary N) is 1. The lowest BCUT2D eigenvalue weighted by Crippen LogP contribution is -2.33. The van der Waals surface area contributed by atoms with Crippen LogP contribution in [0.3, 0.4) is 0 Å². The predicted molar refractivity (Wildman–Crippen MR) is 89.0 cm³/mol. The van der Waals surface area contributed by atoms with Crippen molar-refractivity contribution < 1.29 is 19.1 Å². The number of aliphatic hydroxyl groups is 1. The third kappa shape index (κ3) is 2.80. The number of fused-ring (bicyclic) bond motifs is 3. The maximum absolute atomic E-state index is 12.1. The second kappa shape index (κ2) is 6.18. The average Bonchev–Trinajstić information content (AvgIpc) is 2.91. The molecule has 0 saturated heterocycles. The van der Waals surface area contributed by atoms with Crippen LogP contribution in [-0.2, 0) is 0 Å². The van der Waals surface area contributed by atoms with E-state index in [1.165, 1.54) is 4.90 Å². The number of para-hydroxylation sites is 1. The first-order valence-corrected chi connectivity index (χ1v) is 7.26. The number of hydrogen-bond acceptors (Lipinski definition) is 4. The SMILES string of the molecule is COc1cc2c(cc1NC(=O)N(C)CCO)oc1ccccc12. The van der Waals surface area contributed by atoms with Crippen molar-refractivity contribution in [2.75, 3.05) is 32.6 Å². The summed E-state index contributed by atoms with van der Waals surface area (Å²) < 4.78 is 11.2. The van der Waals surface area contributed by atoms with Crippen molar-refractivity contribution >= 4 is 33.7 Å². The number of methoxy groups -OCH3 is 1. The maximum Gasteiger partial charge on any atom is 0.321 e. The summed E-state index contributed by atoms with van der Waals surface area (Å²) >= 11 is 0. The largest absolute Gasteiger partial charge is 0.495 e. The molecule has 23 heavy (non-hydrogen) atoms. The van der Waals surface area contributed by atoms with Crippen molar-refractivity contribution in [1.29, 1.82) is 0 Å². The Morgan fingerprint density at radius 2 is 2.04 bits per heavy atom. The third-order valence-corrected chi connectivity index (χ3v) is 3.72. The van der Waals surface area contributed by atoms with Crippen molar-refractivity contribution in [2.45, 2.75) is 0 Å². The summed E-state index contributed by atoms with van der Waals surface area (Å²) in [6.45, 7) is 0.157. The molecule has 2 aromatic carbocycles. The normalized spacial score (nSPS) is 10.9. The first kappa shape index (κ1) is 15.2. The molecule has 0 spiro atoms. The number of likely N-dealkylation sites (N-methyl/N-ethyl adjacent to an activating group) is 1. The van der Waals surface area contributed by atoms with E-state index in [1.807, 2.05) is 30.3 Å². The van der Waals surface area contributed by atoms with Gasteiger partial charge in [-0.15, -0.1) is 0 Å². The standard InChI is InChI=1S/C17H18N2O4/c1-19(7-8-20)17(21)18-13-10-15-12(9-16(13)22-2)11-5-3-4-6-14(11)23-15/h3-6,9-10,20H,7-8H2,1-2H3,(H,18,21). The van der Waals surface area contributed by atoms with Gasteiger partial charge in [-0.05, 0) is 12.1 Å². The van der Waals surface area contributed by atoms with Crippen LogP contribution in [0.2, 0.25) is 0 Å². The number of rotatable bonds is 4. The second-order valence-electron chi connectivity index (χ2n) is 5.22. The van der Waals surface area contributed by atoms with E-state index in [9.17, 15) is 4.79 Å². The monoisotopic (exact) mass is 314 g/mol. The van der Waals surface area contributed by atoms with Crippen LogP contribution in [0.5, 0.6) is 5.75 Å². The fraction of sp³-hybridized carbons (Fsp3) is 0.235. The van der Waals surface area contributed by atoms with E-state index in [4.69, 9.17) is 14.3 Å². The van der Waals surface area contributed by atoms with Gasteiger partial charge in [0.2, 0.25) is 0 Å². The molecule has 6 heteroatoms. The molecule has 0 fully saturated rings. The van der Waals surface area contributed by atoms with E-state index >= 15 is 0 Å². The number of benzene rings is 2. The zero-order valence-electron chi connectivity index (χ0n) is 13.0. The molecule has 1 heterocycles. The molecule has 0 aliphatic heterocycles. The second-order valence-corrected chi connectivity index (χ2v) is 5.22. The number of carbonyl (C=O) groups is 1. The van der Waals surface area contributed by atoms with Gasteiger partial charge in [-0.2, -0.15) is 0 Å². The minimum Gasteiger partial charge on any atom is -0.495 e. The fourth-order valence-electron chi connectivity index (χ4n) is 2.48. The number of ether oxygens (including phenoxy) is 1. The molecule has 0 unspecified atom stereocenters. The Morgan fingerprint density at radius 1 is 1.26 bits per heavy atom. The molecule has 1 aromatic heterocycles. The van der Waals surface area contributed by atoms with Crippen LogP contribution in [0.1, 0.15) is 0 Å². The van der Waals surface area contributed by atoms with E-state index in [-0.39, 0.29) is 19.2 Å². The summed E-state index contributed by atoms with van der Waals surface area (Å²) in [5.74, 6) is 0.551. The quantitative estimate of drug-likeness (QED) is 0.776. The molecule has 0 aliphatic carbocycles. The molecule has 3 aromatic rings. The van der Waals surface area contributed by atoms with Gasteiger partial charge >= 0.3 is 6.03 Å². The number of furan rings is 1. The lowest BCUT2D eigenvalue weighted by molar-refractivity contribution is 0.202. The number of anilines is 1. The minimum atomic E-state index is -0.326. The van der Waals surface area contributed by atoms with Crippen LogP contribution in [0, 0.1) is 0 Å². The van der Waals surface area contributed by atoms with Gasteiger partial charge < -0.3 is 24.5 Å². The molecule has 0 saturated carbocycles. The Balaban J connectivity index is 2.03. The van der Waals surface area contributed by atoms with Crippen molar-refractivity contribution in [3.05, 3.63) is 36.4 Å². The van der Waals surface area contributed by atoms with E-state index in [2.05, 4.69) is 5.32 Å². The Bertz CT molecular complexity index is 856. The summed E-state index contributed by atoms with van der Waals surface area (Å²) in [5, 5.41) is 13.6. The minimum absolute atomic E-state index is 0.0936. The maximum atomic E-state index is 12.1. The zero-order valence-corrected chi connectivity index (χ0v) is 13.0. The van der Waals surface area contributed by atoms with Crippen LogP contribution in [-0.4, -0.2) is 43.3 Å². The summed E-state index contributed by atoms with van der Waals surface area (Å²) in [5.41, 5.74) is 1.98. The predicted octanol–water partition coefficient (Wildman–Crippen LogP) is 3.05. The number of aliphatic hydroxyl groups excluding tert-OH is 1. The fourth-order valence-corrected chi connectivity index (χ4v) is 2.48. The van der Waals surface area contributed by atoms with Gasteiger partial charge in [-0.1, -0.05) is 18.2 Å². The first-order valence-electron chi connectivity index (χ1n) is 7.26. The number of hydrogen-bond donors (Lipinski definition) is 2. The Labute approximate surface area is 133 Å². The van der Waals surface area contributed by atoms with Crippen LogP contribution in [0.15, 0.2) is 40.8 Å². The van der Waals surface area contributed by atoms with E-state index in [0.29, 0.717) is 17.0 Å².